The molecule has 0 unspecified atom stereocenters. The van der Waals surface area contributed by atoms with Crippen LogP contribution in [0.25, 0.3) is 16.5 Å². The SMILES string of the molecule is CCOC(=O)c1c(C(C)=C(Br)C(=O)O)c2ccccc2n1S(=O)(=O)c1ccc(C)cc1. The molecule has 1 heterocycles. The van der Waals surface area contributed by atoms with Gasteiger partial charge in [0.05, 0.1) is 17.0 Å². The van der Waals surface area contributed by atoms with E-state index in [-0.39, 0.29) is 38.3 Å². The number of halogens is 1. The summed E-state index contributed by atoms with van der Waals surface area (Å²) in [6.07, 6.45) is 0. The molecule has 0 radical (unpaired) electrons. The number of benzene rings is 2. The number of aliphatic carboxylic acids is 1. The average Bonchev–Trinajstić information content (AvgIpc) is 3.09. The smallest absolute Gasteiger partial charge is 0.356 e. The van der Waals surface area contributed by atoms with Crippen molar-refractivity contribution in [3.8, 4) is 0 Å². The van der Waals surface area contributed by atoms with Crippen LogP contribution in [0.15, 0.2) is 57.9 Å². The zero-order chi connectivity index (χ0) is 22.9. The van der Waals surface area contributed by atoms with Crippen LogP contribution in [-0.2, 0) is 19.6 Å². The molecule has 0 amide bonds. The summed E-state index contributed by atoms with van der Waals surface area (Å²) in [6, 6.07) is 12.8. The maximum atomic E-state index is 13.6. The van der Waals surface area contributed by atoms with Gasteiger partial charge in [-0.05, 0) is 60.5 Å². The number of ether oxygens (including phenoxy) is 1. The Morgan fingerprint density at radius 3 is 2.29 bits per heavy atom. The number of carboxylic acid groups (broad SMARTS) is 1. The number of nitrogens with zero attached hydrogens (tertiary/aromatic N) is 1. The number of aryl methyl sites for hydroxylation is 1. The minimum atomic E-state index is -4.20. The molecule has 0 atom stereocenters. The van der Waals surface area contributed by atoms with E-state index in [0.717, 1.165) is 9.54 Å². The molecule has 0 aliphatic rings. The van der Waals surface area contributed by atoms with E-state index in [2.05, 4.69) is 15.9 Å². The summed E-state index contributed by atoms with van der Waals surface area (Å²) >= 11 is 3.03. The number of carbonyl (C=O) groups excluding carboxylic acids is 1. The third-order valence-electron chi connectivity index (χ3n) is 4.75. The number of aromatic nitrogens is 1. The average molecular weight is 506 g/mol. The van der Waals surface area contributed by atoms with Crippen molar-refractivity contribution in [1.29, 1.82) is 0 Å². The lowest BCUT2D eigenvalue weighted by Crippen LogP contribution is -2.21. The first kappa shape index (κ1) is 22.8. The van der Waals surface area contributed by atoms with Crippen molar-refractivity contribution >= 4 is 54.4 Å². The number of hydrogen-bond acceptors (Lipinski definition) is 5. The van der Waals surface area contributed by atoms with Crippen molar-refractivity contribution in [2.45, 2.75) is 25.7 Å². The first-order chi connectivity index (χ1) is 14.6. The van der Waals surface area contributed by atoms with Gasteiger partial charge < -0.3 is 9.84 Å². The molecule has 31 heavy (non-hydrogen) atoms. The molecule has 3 aromatic rings. The van der Waals surface area contributed by atoms with Crippen molar-refractivity contribution in [3.05, 3.63) is 69.8 Å². The predicted molar refractivity (Wildman–Crippen MR) is 121 cm³/mol. The summed E-state index contributed by atoms with van der Waals surface area (Å²) in [5.74, 6) is -2.11. The number of para-hydroxylation sites is 1. The Morgan fingerprint density at radius 1 is 1.10 bits per heavy atom. The Kier molecular flexibility index (Phi) is 6.38. The number of hydrogen-bond donors (Lipinski definition) is 1. The summed E-state index contributed by atoms with van der Waals surface area (Å²) in [4.78, 5) is 24.6. The highest BCUT2D eigenvalue weighted by atomic mass is 79.9. The molecule has 1 aromatic heterocycles. The molecule has 9 heteroatoms. The normalized spacial score (nSPS) is 12.5. The molecule has 0 spiro atoms. The van der Waals surface area contributed by atoms with E-state index in [1.165, 1.54) is 19.1 Å². The molecule has 162 valence electrons. The highest BCUT2D eigenvalue weighted by molar-refractivity contribution is 9.12. The first-order valence-corrected chi connectivity index (χ1v) is 11.6. The van der Waals surface area contributed by atoms with E-state index in [1.807, 2.05) is 6.92 Å². The second-order valence-electron chi connectivity index (χ2n) is 6.79. The van der Waals surface area contributed by atoms with E-state index < -0.39 is 22.0 Å². The Bertz CT molecular complexity index is 1320. The molecule has 2 aromatic carbocycles. The van der Waals surface area contributed by atoms with Gasteiger partial charge in [0, 0.05) is 10.9 Å². The molecule has 0 saturated carbocycles. The van der Waals surface area contributed by atoms with Crippen LogP contribution in [0.5, 0.6) is 0 Å². The van der Waals surface area contributed by atoms with Crippen LogP contribution < -0.4 is 0 Å². The molecule has 1 N–H and O–H groups in total. The van der Waals surface area contributed by atoms with Gasteiger partial charge in [-0.3, -0.25) is 0 Å². The fourth-order valence-electron chi connectivity index (χ4n) is 3.31. The van der Waals surface area contributed by atoms with E-state index in [1.54, 1.807) is 43.3 Å². The molecular weight excluding hydrogens is 486 g/mol. The summed E-state index contributed by atoms with van der Waals surface area (Å²) in [5.41, 5.74) is 1.25. The van der Waals surface area contributed by atoms with E-state index in [4.69, 9.17) is 4.74 Å². The van der Waals surface area contributed by atoms with Gasteiger partial charge >= 0.3 is 11.9 Å². The second-order valence-corrected chi connectivity index (χ2v) is 9.37. The molecular formula is C22H20BrNO6S. The van der Waals surface area contributed by atoms with Crippen molar-refractivity contribution in [1.82, 2.24) is 3.97 Å². The summed E-state index contributed by atoms with van der Waals surface area (Å²) < 4.78 is 33.2. The van der Waals surface area contributed by atoms with Gasteiger partial charge in [-0.15, -0.1) is 0 Å². The Balaban J connectivity index is 2.51. The third kappa shape index (κ3) is 4.03. The topological polar surface area (TPSA) is 103 Å². The van der Waals surface area contributed by atoms with Crippen LogP contribution in [0.1, 0.15) is 35.5 Å². The molecule has 0 aliphatic carbocycles. The molecule has 3 rings (SSSR count). The highest BCUT2D eigenvalue weighted by Crippen LogP contribution is 2.37. The summed E-state index contributed by atoms with van der Waals surface area (Å²) in [6.45, 7) is 4.97. The number of allylic oxidation sites excluding steroid dienone is 1. The fourth-order valence-corrected chi connectivity index (χ4v) is 5.02. The Hall–Kier alpha value is -2.91. The minimum absolute atomic E-state index is 0.00474. The number of fused-ring (bicyclic) bond motifs is 1. The lowest BCUT2D eigenvalue weighted by Gasteiger charge is -2.13. The summed E-state index contributed by atoms with van der Waals surface area (Å²) in [7, 11) is -4.20. The zero-order valence-electron chi connectivity index (χ0n) is 17.0. The largest absolute Gasteiger partial charge is 0.477 e. The van der Waals surface area contributed by atoms with Gasteiger partial charge in [0.2, 0.25) is 0 Å². The van der Waals surface area contributed by atoms with Crippen LogP contribution in [0.2, 0.25) is 0 Å². The van der Waals surface area contributed by atoms with Crippen LogP contribution in [0, 0.1) is 6.92 Å². The maximum absolute atomic E-state index is 13.6. The van der Waals surface area contributed by atoms with Crippen LogP contribution in [0.3, 0.4) is 0 Å². The van der Waals surface area contributed by atoms with Crippen molar-refractivity contribution in [2.24, 2.45) is 0 Å². The predicted octanol–water partition coefficient (Wildman–Crippen LogP) is 4.57. The maximum Gasteiger partial charge on any atom is 0.356 e. The Labute approximate surface area is 188 Å². The quantitative estimate of drug-likeness (QED) is 0.388. The van der Waals surface area contributed by atoms with Gasteiger partial charge in [0.15, 0.2) is 5.69 Å². The number of rotatable bonds is 6. The molecule has 0 aliphatic heterocycles. The molecule has 0 fully saturated rings. The fraction of sp³-hybridized carbons (Fsp3) is 0.182. The van der Waals surface area contributed by atoms with Crippen LogP contribution in [-0.4, -0.2) is 36.0 Å². The molecule has 7 nitrogen and oxygen atoms in total. The number of carbonyl (C=O) groups is 2. The number of esters is 1. The summed E-state index contributed by atoms with van der Waals surface area (Å²) in [5, 5.41) is 9.86. The van der Waals surface area contributed by atoms with Gasteiger partial charge in [0.1, 0.15) is 4.48 Å². The van der Waals surface area contributed by atoms with Gasteiger partial charge in [-0.25, -0.2) is 22.0 Å². The van der Waals surface area contributed by atoms with Gasteiger partial charge in [0.25, 0.3) is 10.0 Å². The van der Waals surface area contributed by atoms with E-state index >= 15 is 0 Å². The van der Waals surface area contributed by atoms with Crippen LogP contribution in [0.4, 0.5) is 0 Å². The van der Waals surface area contributed by atoms with Crippen LogP contribution >= 0.6 is 15.9 Å². The van der Waals surface area contributed by atoms with Gasteiger partial charge in [-0.2, -0.15) is 0 Å². The zero-order valence-corrected chi connectivity index (χ0v) is 19.5. The van der Waals surface area contributed by atoms with Crippen molar-refractivity contribution in [2.75, 3.05) is 6.61 Å². The van der Waals surface area contributed by atoms with Crippen molar-refractivity contribution in [3.63, 3.8) is 0 Å². The van der Waals surface area contributed by atoms with E-state index in [9.17, 15) is 23.1 Å². The van der Waals surface area contributed by atoms with Gasteiger partial charge in [-0.1, -0.05) is 35.9 Å². The minimum Gasteiger partial charge on any atom is -0.477 e. The lowest BCUT2D eigenvalue weighted by molar-refractivity contribution is -0.131. The Morgan fingerprint density at radius 2 is 1.71 bits per heavy atom. The first-order valence-electron chi connectivity index (χ1n) is 9.34. The third-order valence-corrected chi connectivity index (χ3v) is 7.41. The van der Waals surface area contributed by atoms with Crippen molar-refractivity contribution < 1.29 is 27.9 Å². The van der Waals surface area contributed by atoms with E-state index in [0.29, 0.717) is 5.39 Å². The monoisotopic (exact) mass is 505 g/mol. The molecule has 0 saturated heterocycles. The number of carboxylic acids is 1. The lowest BCUT2D eigenvalue weighted by atomic mass is 10.0. The highest BCUT2D eigenvalue weighted by Gasteiger charge is 2.33. The second kappa shape index (κ2) is 8.68. The molecule has 0 bridgehead atoms. The standard InChI is InChI=1S/C22H20BrNO6S/c1-4-30-22(27)20-18(14(3)19(23)21(25)26)16-7-5-6-8-17(16)24(20)31(28,29)15-11-9-13(2)10-12-15/h5-12H,4H2,1-3H3,(H,25,26).